The SMILES string of the molecule is COc1cccc(N=Cc2cc3c(cc2Cl)N(C)C(C)(C)CC3C)c1. The van der Waals surface area contributed by atoms with Gasteiger partial charge in [0.15, 0.2) is 0 Å². The third-order valence-corrected chi connectivity index (χ3v) is 5.49. The van der Waals surface area contributed by atoms with Gasteiger partial charge in [-0.1, -0.05) is 24.6 Å². The predicted molar refractivity (Wildman–Crippen MR) is 107 cm³/mol. The molecular weight excluding hydrogens is 332 g/mol. The molecule has 1 heterocycles. The Labute approximate surface area is 155 Å². The molecule has 25 heavy (non-hydrogen) atoms. The fraction of sp³-hybridized carbons (Fsp3) is 0.381. The van der Waals surface area contributed by atoms with Crippen molar-refractivity contribution in [1.29, 1.82) is 0 Å². The minimum atomic E-state index is 0.131. The van der Waals surface area contributed by atoms with Crippen LogP contribution in [0.25, 0.3) is 0 Å². The van der Waals surface area contributed by atoms with E-state index >= 15 is 0 Å². The van der Waals surface area contributed by atoms with Crippen molar-refractivity contribution < 1.29 is 4.74 Å². The van der Waals surface area contributed by atoms with Crippen molar-refractivity contribution in [3.8, 4) is 5.75 Å². The lowest BCUT2D eigenvalue weighted by Gasteiger charge is -2.45. The van der Waals surface area contributed by atoms with E-state index in [1.807, 2.05) is 30.5 Å². The molecule has 1 aliphatic heterocycles. The van der Waals surface area contributed by atoms with Gasteiger partial charge in [0.25, 0.3) is 0 Å². The summed E-state index contributed by atoms with van der Waals surface area (Å²) in [4.78, 5) is 6.90. The standard InChI is InChI=1S/C21H25ClN2O/c1-14-12-21(2,3)24(4)20-11-19(22)15(9-18(14)20)13-23-16-7-6-8-17(10-16)25-5/h6-11,13-14H,12H2,1-5H3. The van der Waals surface area contributed by atoms with Crippen molar-refractivity contribution in [3.63, 3.8) is 0 Å². The van der Waals surface area contributed by atoms with Gasteiger partial charge in [-0.2, -0.15) is 0 Å². The molecule has 3 nitrogen and oxygen atoms in total. The topological polar surface area (TPSA) is 24.8 Å². The number of halogens is 1. The average Bonchev–Trinajstić information content (AvgIpc) is 2.58. The monoisotopic (exact) mass is 356 g/mol. The van der Waals surface area contributed by atoms with Gasteiger partial charge in [-0.3, -0.25) is 4.99 Å². The Morgan fingerprint density at radius 2 is 2.04 bits per heavy atom. The Morgan fingerprint density at radius 3 is 2.76 bits per heavy atom. The number of benzene rings is 2. The van der Waals surface area contributed by atoms with Gasteiger partial charge in [-0.25, -0.2) is 0 Å². The summed E-state index contributed by atoms with van der Waals surface area (Å²) in [6, 6.07) is 11.9. The molecule has 1 unspecified atom stereocenters. The molecule has 0 radical (unpaired) electrons. The lowest BCUT2D eigenvalue weighted by Crippen LogP contribution is -2.45. The molecule has 0 aromatic heterocycles. The lowest BCUT2D eigenvalue weighted by atomic mass is 9.80. The van der Waals surface area contributed by atoms with E-state index in [1.165, 1.54) is 11.3 Å². The summed E-state index contributed by atoms with van der Waals surface area (Å²) >= 11 is 6.55. The van der Waals surface area contributed by atoms with Gasteiger partial charge < -0.3 is 9.64 Å². The molecule has 0 spiro atoms. The van der Waals surface area contributed by atoms with E-state index in [0.717, 1.165) is 28.4 Å². The highest BCUT2D eigenvalue weighted by Crippen LogP contribution is 2.44. The van der Waals surface area contributed by atoms with Crippen molar-refractivity contribution in [2.45, 2.75) is 38.6 Å². The number of fused-ring (bicyclic) bond motifs is 1. The zero-order chi connectivity index (χ0) is 18.2. The van der Waals surface area contributed by atoms with Crippen LogP contribution in [0.4, 0.5) is 11.4 Å². The predicted octanol–water partition coefficient (Wildman–Crippen LogP) is 5.82. The maximum absolute atomic E-state index is 6.55. The third kappa shape index (κ3) is 3.52. The minimum absolute atomic E-state index is 0.131. The van der Waals surface area contributed by atoms with Crippen molar-refractivity contribution in [3.05, 3.63) is 52.5 Å². The molecule has 0 saturated heterocycles. The summed E-state index contributed by atoms with van der Waals surface area (Å²) in [6.07, 6.45) is 2.95. The number of ether oxygens (including phenoxy) is 1. The first kappa shape index (κ1) is 17.8. The minimum Gasteiger partial charge on any atom is -0.497 e. The van der Waals surface area contributed by atoms with Crippen molar-refractivity contribution in [2.24, 2.45) is 4.99 Å². The number of nitrogens with zero attached hydrogens (tertiary/aromatic N) is 2. The van der Waals surface area contributed by atoms with Gasteiger partial charge in [0.05, 0.1) is 17.8 Å². The second-order valence-electron chi connectivity index (χ2n) is 7.37. The van der Waals surface area contributed by atoms with E-state index in [1.54, 1.807) is 7.11 Å². The van der Waals surface area contributed by atoms with E-state index in [-0.39, 0.29) is 5.54 Å². The Hall–Kier alpha value is -2.00. The van der Waals surface area contributed by atoms with Gasteiger partial charge in [0.1, 0.15) is 5.75 Å². The number of aliphatic imine (C=N–C) groups is 1. The summed E-state index contributed by atoms with van der Waals surface area (Å²) < 4.78 is 5.24. The van der Waals surface area contributed by atoms with E-state index in [4.69, 9.17) is 16.3 Å². The molecule has 0 bridgehead atoms. The Morgan fingerprint density at radius 1 is 1.28 bits per heavy atom. The maximum Gasteiger partial charge on any atom is 0.121 e. The number of hydrogen-bond acceptors (Lipinski definition) is 3. The first-order chi connectivity index (χ1) is 11.8. The Bertz CT molecular complexity index is 814. The molecule has 2 aromatic carbocycles. The normalized spacial score (nSPS) is 19.1. The van der Waals surface area contributed by atoms with Crippen LogP contribution >= 0.6 is 11.6 Å². The zero-order valence-electron chi connectivity index (χ0n) is 15.5. The molecule has 0 saturated carbocycles. The van der Waals surface area contributed by atoms with Gasteiger partial charge >= 0.3 is 0 Å². The van der Waals surface area contributed by atoms with Crippen LogP contribution in [-0.2, 0) is 0 Å². The van der Waals surface area contributed by atoms with Crippen LogP contribution in [0.15, 0.2) is 41.4 Å². The number of methoxy groups -OCH3 is 1. The van der Waals surface area contributed by atoms with E-state index in [2.05, 4.69) is 49.8 Å². The molecule has 132 valence electrons. The fourth-order valence-corrected chi connectivity index (χ4v) is 3.75. The maximum atomic E-state index is 6.55. The fourth-order valence-electron chi connectivity index (χ4n) is 3.54. The molecule has 2 aromatic rings. The van der Waals surface area contributed by atoms with Gasteiger partial charge in [0, 0.05) is 36.1 Å². The van der Waals surface area contributed by atoms with Gasteiger partial charge in [0.2, 0.25) is 0 Å². The molecule has 0 N–H and O–H groups in total. The summed E-state index contributed by atoms with van der Waals surface area (Å²) in [7, 11) is 3.80. The molecule has 0 fully saturated rings. The molecule has 0 aliphatic carbocycles. The largest absolute Gasteiger partial charge is 0.497 e. The van der Waals surface area contributed by atoms with E-state index in [9.17, 15) is 0 Å². The summed E-state index contributed by atoms with van der Waals surface area (Å²) in [5, 5.41) is 0.724. The number of rotatable bonds is 3. The van der Waals surface area contributed by atoms with Gasteiger partial charge in [-0.05, 0) is 56.0 Å². The number of anilines is 1. The van der Waals surface area contributed by atoms with Crippen molar-refractivity contribution in [1.82, 2.24) is 0 Å². The second kappa shape index (κ2) is 6.72. The van der Waals surface area contributed by atoms with E-state index < -0.39 is 0 Å². The van der Waals surface area contributed by atoms with Crippen molar-refractivity contribution in [2.75, 3.05) is 19.1 Å². The highest BCUT2D eigenvalue weighted by Gasteiger charge is 2.34. The van der Waals surface area contributed by atoms with Crippen LogP contribution < -0.4 is 9.64 Å². The van der Waals surface area contributed by atoms with E-state index in [0.29, 0.717) is 5.92 Å². The smallest absolute Gasteiger partial charge is 0.121 e. The summed E-state index contributed by atoms with van der Waals surface area (Å²) in [6.45, 7) is 6.83. The van der Waals surface area contributed by atoms with Crippen LogP contribution in [0.2, 0.25) is 5.02 Å². The number of hydrogen-bond donors (Lipinski definition) is 0. The van der Waals surface area contributed by atoms with Crippen LogP contribution in [-0.4, -0.2) is 25.9 Å². The molecule has 1 aliphatic rings. The molecule has 3 rings (SSSR count). The van der Waals surface area contributed by atoms with Crippen LogP contribution in [0.1, 0.15) is 44.2 Å². The highest BCUT2D eigenvalue weighted by molar-refractivity contribution is 6.33. The molecule has 1 atom stereocenters. The first-order valence-corrected chi connectivity index (χ1v) is 8.95. The summed E-state index contributed by atoms with van der Waals surface area (Å²) in [5.41, 5.74) is 4.47. The third-order valence-electron chi connectivity index (χ3n) is 5.16. The zero-order valence-corrected chi connectivity index (χ0v) is 16.3. The van der Waals surface area contributed by atoms with Crippen molar-refractivity contribution >= 4 is 29.2 Å². The highest BCUT2D eigenvalue weighted by atomic mass is 35.5. The van der Waals surface area contributed by atoms with Crippen LogP contribution in [0.5, 0.6) is 5.75 Å². The Balaban J connectivity index is 1.96. The first-order valence-electron chi connectivity index (χ1n) is 8.57. The average molecular weight is 357 g/mol. The van der Waals surface area contributed by atoms with Gasteiger partial charge in [-0.15, -0.1) is 0 Å². The van der Waals surface area contributed by atoms with Crippen LogP contribution in [0.3, 0.4) is 0 Å². The summed E-state index contributed by atoms with van der Waals surface area (Å²) in [5.74, 6) is 1.28. The molecule has 0 amide bonds. The Kier molecular flexibility index (Phi) is 4.79. The second-order valence-corrected chi connectivity index (χ2v) is 7.78. The molecule has 4 heteroatoms. The lowest BCUT2D eigenvalue weighted by molar-refractivity contribution is 0.395. The van der Waals surface area contributed by atoms with Crippen LogP contribution in [0, 0.1) is 0 Å². The quantitative estimate of drug-likeness (QED) is 0.647. The molecular formula is C21H25ClN2O.